The van der Waals surface area contributed by atoms with Crippen molar-refractivity contribution in [3.05, 3.63) is 58.7 Å². The monoisotopic (exact) mass is 304 g/mol. The molecule has 3 nitrogen and oxygen atoms in total. The molecule has 112 valence electrons. The molecule has 1 aromatic carbocycles. The second-order valence-corrected chi connectivity index (χ2v) is 5.88. The van der Waals surface area contributed by atoms with E-state index in [4.69, 9.17) is 16.3 Å². The third-order valence-corrected chi connectivity index (χ3v) is 3.19. The molecular weight excluding hydrogens is 284 g/mol. The van der Waals surface area contributed by atoms with E-state index in [9.17, 15) is 0 Å². The van der Waals surface area contributed by atoms with E-state index in [-0.39, 0.29) is 0 Å². The van der Waals surface area contributed by atoms with Crippen molar-refractivity contribution in [2.75, 3.05) is 6.54 Å². The summed E-state index contributed by atoms with van der Waals surface area (Å²) in [7, 11) is 0. The molecule has 0 fully saturated rings. The predicted octanol–water partition coefficient (Wildman–Crippen LogP) is 4.06. The quantitative estimate of drug-likeness (QED) is 0.837. The Morgan fingerprint density at radius 3 is 2.81 bits per heavy atom. The van der Waals surface area contributed by atoms with Gasteiger partial charge in [-0.2, -0.15) is 0 Å². The van der Waals surface area contributed by atoms with Crippen molar-refractivity contribution in [3.63, 3.8) is 0 Å². The summed E-state index contributed by atoms with van der Waals surface area (Å²) in [6.07, 6.45) is 1.78. The summed E-state index contributed by atoms with van der Waals surface area (Å²) >= 11 is 5.96. The van der Waals surface area contributed by atoms with Gasteiger partial charge >= 0.3 is 0 Å². The SMILES string of the molecule is CC(C)CNCc1ccnc(OCc2cccc(Cl)c2)c1. The first-order chi connectivity index (χ1) is 10.1. The van der Waals surface area contributed by atoms with Crippen molar-refractivity contribution in [2.45, 2.75) is 27.0 Å². The number of benzene rings is 1. The van der Waals surface area contributed by atoms with Crippen molar-refractivity contribution in [1.29, 1.82) is 0 Å². The molecule has 21 heavy (non-hydrogen) atoms. The van der Waals surface area contributed by atoms with Crippen LogP contribution in [0.3, 0.4) is 0 Å². The topological polar surface area (TPSA) is 34.2 Å². The van der Waals surface area contributed by atoms with Gasteiger partial charge in [-0.25, -0.2) is 4.98 Å². The largest absolute Gasteiger partial charge is 0.473 e. The van der Waals surface area contributed by atoms with Crippen LogP contribution in [-0.4, -0.2) is 11.5 Å². The lowest BCUT2D eigenvalue weighted by molar-refractivity contribution is 0.293. The minimum atomic E-state index is 0.469. The van der Waals surface area contributed by atoms with Crippen LogP contribution in [0.5, 0.6) is 5.88 Å². The molecular formula is C17H21ClN2O. The number of nitrogens with one attached hydrogen (secondary N) is 1. The van der Waals surface area contributed by atoms with Crippen molar-refractivity contribution in [3.8, 4) is 5.88 Å². The van der Waals surface area contributed by atoms with Gasteiger partial charge < -0.3 is 10.1 Å². The van der Waals surface area contributed by atoms with Crippen molar-refractivity contribution in [1.82, 2.24) is 10.3 Å². The van der Waals surface area contributed by atoms with E-state index in [1.165, 1.54) is 5.56 Å². The molecule has 0 radical (unpaired) electrons. The minimum Gasteiger partial charge on any atom is -0.473 e. The number of rotatable bonds is 7. The Bertz CT molecular complexity index is 572. The third-order valence-electron chi connectivity index (χ3n) is 2.96. The van der Waals surface area contributed by atoms with Crippen LogP contribution in [-0.2, 0) is 13.2 Å². The zero-order valence-electron chi connectivity index (χ0n) is 12.5. The maximum Gasteiger partial charge on any atom is 0.213 e. The number of aromatic nitrogens is 1. The maximum absolute atomic E-state index is 5.96. The zero-order valence-corrected chi connectivity index (χ0v) is 13.2. The summed E-state index contributed by atoms with van der Waals surface area (Å²) in [6, 6.07) is 11.6. The van der Waals surface area contributed by atoms with Gasteiger partial charge in [0.05, 0.1) is 0 Å². The highest BCUT2D eigenvalue weighted by Gasteiger charge is 2.01. The van der Waals surface area contributed by atoms with Gasteiger partial charge in [0.15, 0.2) is 0 Å². The first kappa shape index (κ1) is 15.8. The maximum atomic E-state index is 5.96. The van der Waals surface area contributed by atoms with Gasteiger partial charge in [-0.15, -0.1) is 0 Å². The Kier molecular flexibility index (Phi) is 6.03. The summed E-state index contributed by atoms with van der Waals surface area (Å²) in [5.41, 5.74) is 2.21. The molecule has 2 aromatic rings. The van der Waals surface area contributed by atoms with Crippen LogP contribution in [0, 0.1) is 5.92 Å². The highest BCUT2D eigenvalue weighted by atomic mass is 35.5. The van der Waals surface area contributed by atoms with Crippen molar-refractivity contribution >= 4 is 11.6 Å². The molecule has 1 N–H and O–H groups in total. The summed E-state index contributed by atoms with van der Waals surface area (Å²) in [5.74, 6) is 1.28. The van der Waals surface area contributed by atoms with Gasteiger partial charge in [0, 0.05) is 23.8 Å². The Morgan fingerprint density at radius 1 is 1.19 bits per heavy atom. The molecule has 0 aliphatic rings. The molecule has 0 spiro atoms. The highest BCUT2D eigenvalue weighted by Crippen LogP contribution is 2.14. The van der Waals surface area contributed by atoms with Crippen LogP contribution >= 0.6 is 11.6 Å². The molecule has 1 aromatic heterocycles. The lowest BCUT2D eigenvalue weighted by Crippen LogP contribution is -2.18. The minimum absolute atomic E-state index is 0.469. The Labute approximate surface area is 131 Å². The van der Waals surface area contributed by atoms with Crippen molar-refractivity contribution < 1.29 is 4.74 Å². The molecule has 0 aliphatic carbocycles. The van der Waals surface area contributed by atoms with Gasteiger partial charge in [0.2, 0.25) is 5.88 Å². The first-order valence-corrected chi connectivity index (χ1v) is 7.54. The summed E-state index contributed by atoms with van der Waals surface area (Å²) in [5, 5.41) is 4.13. The number of ether oxygens (including phenoxy) is 1. The number of hydrogen-bond donors (Lipinski definition) is 1. The molecule has 0 unspecified atom stereocenters. The molecule has 0 saturated heterocycles. The van der Waals surface area contributed by atoms with E-state index in [1.54, 1.807) is 6.20 Å². The van der Waals surface area contributed by atoms with Gasteiger partial charge in [-0.05, 0) is 41.8 Å². The number of pyridine rings is 1. The highest BCUT2D eigenvalue weighted by molar-refractivity contribution is 6.30. The van der Waals surface area contributed by atoms with E-state index >= 15 is 0 Å². The van der Waals surface area contributed by atoms with Crippen LogP contribution in [0.25, 0.3) is 0 Å². The molecule has 0 aliphatic heterocycles. The van der Waals surface area contributed by atoms with Crippen LogP contribution in [0.2, 0.25) is 5.02 Å². The lowest BCUT2D eigenvalue weighted by Gasteiger charge is -2.09. The molecule has 0 atom stereocenters. The average Bonchev–Trinajstić information content (AvgIpc) is 2.45. The lowest BCUT2D eigenvalue weighted by atomic mass is 10.2. The van der Waals surface area contributed by atoms with Gasteiger partial charge in [-0.3, -0.25) is 0 Å². The number of nitrogens with zero attached hydrogens (tertiary/aromatic N) is 1. The fourth-order valence-electron chi connectivity index (χ4n) is 1.93. The van der Waals surface area contributed by atoms with Gasteiger partial charge in [0.1, 0.15) is 6.61 Å². The average molecular weight is 305 g/mol. The van der Waals surface area contributed by atoms with Gasteiger partial charge in [-0.1, -0.05) is 37.6 Å². The summed E-state index contributed by atoms with van der Waals surface area (Å²) < 4.78 is 5.72. The molecule has 2 rings (SSSR count). The second-order valence-electron chi connectivity index (χ2n) is 5.45. The molecule has 0 saturated carbocycles. The van der Waals surface area contributed by atoms with E-state index < -0.39 is 0 Å². The fraction of sp³-hybridized carbons (Fsp3) is 0.353. The van der Waals surface area contributed by atoms with E-state index in [0.717, 1.165) is 23.7 Å². The molecule has 0 bridgehead atoms. The molecule has 4 heteroatoms. The second kappa shape index (κ2) is 8.01. The van der Waals surface area contributed by atoms with Crippen LogP contribution < -0.4 is 10.1 Å². The predicted molar refractivity (Wildman–Crippen MR) is 86.6 cm³/mol. The van der Waals surface area contributed by atoms with Crippen LogP contribution in [0.4, 0.5) is 0 Å². The van der Waals surface area contributed by atoms with Gasteiger partial charge in [0.25, 0.3) is 0 Å². The van der Waals surface area contributed by atoms with E-state index in [2.05, 4.69) is 24.1 Å². The fourth-order valence-corrected chi connectivity index (χ4v) is 2.14. The zero-order chi connectivity index (χ0) is 15.1. The first-order valence-electron chi connectivity index (χ1n) is 7.16. The molecule has 1 heterocycles. The molecule has 0 amide bonds. The third kappa shape index (κ3) is 5.74. The Hall–Kier alpha value is -1.58. The number of hydrogen-bond acceptors (Lipinski definition) is 3. The summed E-state index contributed by atoms with van der Waals surface area (Å²) in [6.45, 7) is 6.68. The number of halogens is 1. The van der Waals surface area contributed by atoms with Crippen LogP contribution in [0.1, 0.15) is 25.0 Å². The van der Waals surface area contributed by atoms with Crippen molar-refractivity contribution in [2.24, 2.45) is 5.92 Å². The standard InChI is InChI=1S/C17H21ClN2O/c1-13(2)10-19-11-14-6-7-20-17(9-14)21-12-15-4-3-5-16(18)8-15/h3-9,13,19H,10-12H2,1-2H3. The van der Waals surface area contributed by atoms with E-state index in [1.807, 2.05) is 36.4 Å². The smallest absolute Gasteiger partial charge is 0.213 e. The summed E-state index contributed by atoms with van der Waals surface area (Å²) in [4.78, 5) is 4.24. The van der Waals surface area contributed by atoms with E-state index in [0.29, 0.717) is 18.4 Å². The Balaban J connectivity index is 1.88. The normalized spacial score (nSPS) is 10.9. The Morgan fingerprint density at radius 2 is 2.05 bits per heavy atom. The van der Waals surface area contributed by atoms with Crippen LogP contribution in [0.15, 0.2) is 42.6 Å².